The Kier molecular flexibility index (Phi) is 5.13. The van der Waals surface area contributed by atoms with Crippen LogP contribution in [-0.2, 0) is 21.2 Å². The average Bonchev–Trinajstić information content (AvgIpc) is 2.95. The van der Waals surface area contributed by atoms with Gasteiger partial charge in [-0.3, -0.25) is 9.10 Å². The van der Waals surface area contributed by atoms with Crippen LogP contribution in [-0.4, -0.2) is 31.7 Å². The molecule has 6 nitrogen and oxygen atoms in total. The summed E-state index contributed by atoms with van der Waals surface area (Å²) in [5.74, 6) is -0.712. The Morgan fingerprint density at radius 3 is 2.58 bits per heavy atom. The molecular weight excluding hydrogens is 359 g/mol. The molecule has 1 fully saturated rings. The summed E-state index contributed by atoms with van der Waals surface area (Å²) >= 11 is 0. The van der Waals surface area contributed by atoms with Crippen LogP contribution in [0, 0.1) is 5.82 Å². The molecule has 0 radical (unpaired) electrons. The lowest BCUT2D eigenvalue weighted by atomic mass is 10.1. The Balaban J connectivity index is 1.68. The summed E-state index contributed by atoms with van der Waals surface area (Å²) in [6.45, 7) is 0.380. The minimum absolute atomic E-state index is 0.0905. The first-order valence-electron chi connectivity index (χ1n) is 8.23. The number of carbonyl (C=O) groups excluding carboxylic acids is 1. The maximum Gasteiger partial charge on any atom is 0.235 e. The van der Waals surface area contributed by atoms with Crippen LogP contribution in [0.3, 0.4) is 0 Å². The Bertz CT molecular complexity index is 913. The van der Waals surface area contributed by atoms with E-state index in [0.29, 0.717) is 25.1 Å². The molecule has 1 heterocycles. The fourth-order valence-corrected chi connectivity index (χ4v) is 4.39. The Hall–Kier alpha value is -2.61. The van der Waals surface area contributed by atoms with E-state index in [2.05, 4.69) is 5.32 Å². The molecule has 1 saturated heterocycles. The topological polar surface area (TPSA) is 86.7 Å². The molecule has 2 aromatic rings. The lowest BCUT2D eigenvalue weighted by molar-refractivity contribution is -0.116. The number of nitrogens with zero attached hydrogens (tertiary/aromatic N) is 1. The van der Waals surface area contributed by atoms with Gasteiger partial charge < -0.3 is 10.4 Å². The van der Waals surface area contributed by atoms with Crippen molar-refractivity contribution in [2.24, 2.45) is 0 Å². The third-order valence-electron chi connectivity index (χ3n) is 4.20. The van der Waals surface area contributed by atoms with Gasteiger partial charge in [0.1, 0.15) is 11.6 Å². The molecule has 2 aromatic carbocycles. The van der Waals surface area contributed by atoms with Gasteiger partial charge in [0, 0.05) is 13.0 Å². The Morgan fingerprint density at radius 2 is 1.92 bits per heavy atom. The summed E-state index contributed by atoms with van der Waals surface area (Å²) in [4.78, 5) is 12.1. The van der Waals surface area contributed by atoms with Crippen molar-refractivity contribution in [3.05, 3.63) is 53.8 Å². The van der Waals surface area contributed by atoms with Gasteiger partial charge in [0.15, 0.2) is 0 Å². The molecule has 1 amide bonds. The molecule has 0 unspecified atom stereocenters. The summed E-state index contributed by atoms with van der Waals surface area (Å²) in [6, 6.07) is 10.2. The second kappa shape index (κ2) is 7.33. The van der Waals surface area contributed by atoms with E-state index in [1.165, 1.54) is 34.6 Å². The monoisotopic (exact) mass is 378 g/mol. The van der Waals surface area contributed by atoms with E-state index in [4.69, 9.17) is 0 Å². The van der Waals surface area contributed by atoms with Crippen molar-refractivity contribution < 1.29 is 22.7 Å². The second-order valence-corrected chi connectivity index (χ2v) is 8.13. The van der Waals surface area contributed by atoms with E-state index in [1.807, 2.05) is 0 Å². The summed E-state index contributed by atoms with van der Waals surface area (Å²) in [7, 11) is -3.34. The van der Waals surface area contributed by atoms with Crippen molar-refractivity contribution in [3.8, 4) is 5.75 Å². The molecule has 1 aliphatic heterocycles. The minimum Gasteiger partial charge on any atom is -0.506 e. The highest BCUT2D eigenvalue weighted by molar-refractivity contribution is 7.93. The zero-order valence-electron chi connectivity index (χ0n) is 14.0. The van der Waals surface area contributed by atoms with Crippen LogP contribution in [0.4, 0.5) is 15.8 Å². The molecule has 8 heteroatoms. The van der Waals surface area contributed by atoms with E-state index in [0.717, 1.165) is 5.56 Å². The smallest absolute Gasteiger partial charge is 0.235 e. The van der Waals surface area contributed by atoms with Crippen molar-refractivity contribution >= 4 is 27.3 Å². The van der Waals surface area contributed by atoms with Crippen molar-refractivity contribution in [2.45, 2.75) is 19.3 Å². The molecular formula is C18H19FN2O4S. The molecule has 0 atom stereocenters. The minimum atomic E-state index is -3.34. The highest BCUT2D eigenvalue weighted by atomic mass is 32.2. The maximum atomic E-state index is 12.9. The van der Waals surface area contributed by atoms with Crippen molar-refractivity contribution in [3.63, 3.8) is 0 Å². The zero-order valence-corrected chi connectivity index (χ0v) is 14.8. The first-order chi connectivity index (χ1) is 12.3. The average molecular weight is 378 g/mol. The summed E-state index contributed by atoms with van der Waals surface area (Å²) < 4.78 is 38.2. The van der Waals surface area contributed by atoms with Crippen LogP contribution in [0.25, 0.3) is 0 Å². The molecule has 0 bridgehead atoms. The van der Waals surface area contributed by atoms with Crippen molar-refractivity contribution in [2.75, 3.05) is 21.9 Å². The fraction of sp³-hybridized carbons (Fsp3) is 0.278. The van der Waals surface area contributed by atoms with Gasteiger partial charge in [-0.05, 0) is 48.7 Å². The lowest BCUT2D eigenvalue weighted by Gasteiger charge is -2.18. The number of rotatable bonds is 5. The number of carbonyl (C=O) groups is 1. The first-order valence-corrected chi connectivity index (χ1v) is 9.84. The molecule has 3 rings (SSSR count). The largest absolute Gasteiger partial charge is 0.506 e. The number of aromatic hydroxyl groups is 1. The molecule has 138 valence electrons. The number of aryl methyl sites for hydroxylation is 1. The number of halogens is 1. The van der Waals surface area contributed by atoms with Crippen LogP contribution in [0.5, 0.6) is 5.75 Å². The standard InChI is InChI=1S/C18H19FN2O4S/c19-14-5-2-13(3-6-14)4-9-18(23)20-16-12-15(7-8-17(16)22)21-10-1-11-26(21,24)25/h2-3,5-8,12,22H,1,4,9-11H2,(H,20,23). The van der Waals surface area contributed by atoms with Gasteiger partial charge in [0.25, 0.3) is 0 Å². The normalized spacial score (nSPS) is 15.8. The Labute approximate surface area is 151 Å². The number of amides is 1. The zero-order chi connectivity index (χ0) is 18.7. The number of hydrogen-bond acceptors (Lipinski definition) is 4. The van der Waals surface area contributed by atoms with E-state index in [1.54, 1.807) is 12.1 Å². The molecule has 26 heavy (non-hydrogen) atoms. The molecule has 0 saturated carbocycles. The van der Waals surface area contributed by atoms with Gasteiger partial charge in [0.2, 0.25) is 15.9 Å². The molecule has 0 aliphatic carbocycles. The fourth-order valence-electron chi connectivity index (χ4n) is 2.83. The second-order valence-electron chi connectivity index (χ2n) is 6.12. The quantitative estimate of drug-likeness (QED) is 0.783. The summed E-state index contributed by atoms with van der Waals surface area (Å²) in [5, 5.41) is 12.5. The number of hydrogen-bond donors (Lipinski definition) is 2. The number of phenolic OH excluding ortho intramolecular Hbond substituents is 1. The van der Waals surface area contributed by atoms with E-state index in [-0.39, 0.29) is 35.3 Å². The Morgan fingerprint density at radius 1 is 1.19 bits per heavy atom. The number of sulfonamides is 1. The van der Waals surface area contributed by atoms with Crippen LogP contribution in [0.1, 0.15) is 18.4 Å². The van der Waals surface area contributed by atoms with Gasteiger partial charge >= 0.3 is 0 Å². The molecule has 2 N–H and O–H groups in total. The van der Waals surface area contributed by atoms with Gasteiger partial charge in [0.05, 0.1) is 17.1 Å². The van der Waals surface area contributed by atoms with Crippen LogP contribution < -0.4 is 9.62 Å². The van der Waals surface area contributed by atoms with Gasteiger partial charge in [-0.1, -0.05) is 12.1 Å². The van der Waals surface area contributed by atoms with E-state index >= 15 is 0 Å². The number of benzene rings is 2. The molecule has 1 aliphatic rings. The number of phenols is 1. The molecule has 0 aromatic heterocycles. The predicted octanol–water partition coefficient (Wildman–Crippen LogP) is 2.64. The van der Waals surface area contributed by atoms with Gasteiger partial charge in [-0.15, -0.1) is 0 Å². The third kappa shape index (κ3) is 4.13. The highest BCUT2D eigenvalue weighted by Gasteiger charge is 2.28. The highest BCUT2D eigenvalue weighted by Crippen LogP contribution is 2.32. The predicted molar refractivity (Wildman–Crippen MR) is 97.2 cm³/mol. The first kappa shape index (κ1) is 18.2. The summed E-state index contributed by atoms with van der Waals surface area (Å²) in [6.07, 6.45) is 1.12. The number of nitrogens with one attached hydrogen (secondary N) is 1. The van der Waals surface area contributed by atoms with Gasteiger partial charge in [-0.25, -0.2) is 12.8 Å². The van der Waals surface area contributed by atoms with Crippen molar-refractivity contribution in [1.29, 1.82) is 0 Å². The van der Waals surface area contributed by atoms with E-state index < -0.39 is 10.0 Å². The maximum absolute atomic E-state index is 12.9. The van der Waals surface area contributed by atoms with E-state index in [9.17, 15) is 22.7 Å². The van der Waals surface area contributed by atoms with Crippen LogP contribution >= 0.6 is 0 Å². The lowest BCUT2D eigenvalue weighted by Crippen LogP contribution is -2.25. The number of anilines is 2. The van der Waals surface area contributed by atoms with Crippen LogP contribution in [0.15, 0.2) is 42.5 Å². The summed E-state index contributed by atoms with van der Waals surface area (Å²) in [5.41, 5.74) is 1.39. The molecule has 0 spiro atoms. The van der Waals surface area contributed by atoms with Crippen molar-refractivity contribution in [1.82, 2.24) is 0 Å². The SMILES string of the molecule is O=C(CCc1ccc(F)cc1)Nc1cc(N2CCCS2(=O)=O)ccc1O. The third-order valence-corrected chi connectivity index (χ3v) is 6.07. The van der Waals surface area contributed by atoms with Crippen LogP contribution in [0.2, 0.25) is 0 Å². The van der Waals surface area contributed by atoms with Gasteiger partial charge in [-0.2, -0.15) is 0 Å².